The number of methoxy groups -OCH3 is 1. The summed E-state index contributed by atoms with van der Waals surface area (Å²) in [7, 11) is 1.50. The summed E-state index contributed by atoms with van der Waals surface area (Å²) in [5, 5.41) is 2.65. The lowest BCUT2D eigenvalue weighted by Gasteiger charge is -2.13. The molecule has 0 aliphatic heterocycles. The topological polar surface area (TPSA) is 90.4 Å². The molecule has 0 radical (unpaired) electrons. The van der Waals surface area contributed by atoms with Crippen LogP contribution in [0.5, 0.6) is 0 Å². The number of oxazole rings is 1. The highest BCUT2D eigenvalue weighted by molar-refractivity contribution is 5.81. The van der Waals surface area contributed by atoms with Gasteiger partial charge in [0.1, 0.15) is 11.8 Å². The van der Waals surface area contributed by atoms with Gasteiger partial charge in [-0.25, -0.2) is 4.98 Å². The van der Waals surface area contributed by atoms with Gasteiger partial charge in [-0.3, -0.25) is 4.79 Å². The minimum atomic E-state index is -0.674. The van der Waals surface area contributed by atoms with Crippen LogP contribution in [-0.4, -0.2) is 30.6 Å². The quantitative estimate of drug-likeness (QED) is 0.802. The zero-order valence-corrected chi connectivity index (χ0v) is 11.3. The van der Waals surface area contributed by atoms with E-state index in [9.17, 15) is 4.79 Å². The molecule has 1 aromatic rings. The molecule has 0 bridgehead atoms. The predicted molar refractivity (Wildman–Crippen MR) is 66.9 cm³/mol. The second-order valence-electron chi connectivity index (χ2n) is 5.15. The Balaban J connectivity index is 2.49. The van der Waals surface area contributed by atoms with Crippen molar-refractivity contribution >= 4 is 5.91 Å². The lowest BCUT2D eigenvalue weighted by molar-refractivity contribution is -0.123. The average molecular weight is 255 g/mol. The van der Waals surface area contributed by atoms with Crippen LogP contribution in [0.3, 0.4) is 0 Å². The fourth-order valence-corrected chi connectivity index (χ4v) is 1.29. The van der Waals surface area contributed by atoms with Gasteiger partial charge in [-0.2, -0.15) is 0 Å². The number of carbonyl (C=O) groups excluding carboxylic acids is 1. The Bertz CT molecular complexity index is 396. The van der Waals surface area contributed by atoms with E-state index in [0.717, 1.165) is 5.76 Å². The average Bonchev–Trinajstić information content (AvgIpc) is 2.74. The highest BCUT2D eigenvalue weighted by atomic mass is 16.5. The van der Waals surface area contributed by atoms with E-state index in [2.05, 4.69) is 10.3 Å². The molecule has 1 heterocycles. The minimum absolute atomic E-state index is 0.0955. The first-order valence-electron chi connectivity index (χ1n) is 5.82. The van der Waals surface area contributed by atoms with E-state index in [1.165, 1.54) is 7.11 Å². The number of amides is 1. The Hall–Kier alpha value is -1.40. The molecule has 0 fully saturated rings. The minimum Gasteiger partial charge on any atom is -0.443 e. The van der Waals surface area contributed by atoms with Crippen molar-refractivity contribution in [2.75, 3.05) is 13.7 Å². The Labute approximate surface area is 107 Å². The lowest BCUT2D eigenvalue weighted by atomic mass is 9.94. The van der Waals surface area contributed by atoms with Crippen LogP contribution in [0, 0.1) is 0 Å². The molecule has 1 rings (SSSR count). The highest BCUT2D eigenvalue weighted by Crippen LogP contribution is 2.22. The van der Waals surface area contributed by atoms with Crippen molar-refractivity contribution in [1.29, 1.82) is 0 Å². The number of hydrogen-bond acceptors (Lipinski definition) is 5. The number of nitrogens with zero attached hydrogens (tertiary/aromatic N) is 1. The number of ether oxygens (including phenoxy) is 1. The summed E-state index contributed by atoms with van der Waals surface area (Å²) in [6.07, 6.45) is 1.68. The fraction of sp³-hybridized carbons (Fsp3) is 0.667. The number of hydrogen-bond donors (Lipinski definition) is 2. The first-order valence-corrected chi connectivity index (χ1v) is 5.82. The summed E-state index contributed by atoms with van der Waals surface area (Å²) in [6.45, 7) is 6.51. The Morgan fingerprint density at radius 1 is 1.61 bits per heavy atom. The van der Waals surface area contributed by atoms with E-state index in [4.69, 9.17) is 14.9 Å². The van der Waals surface area contributed by atoms with Gasteiger partial charge in [0.05, 0.1) is 19.3 Å². The van der Waals surface area contributed by atoms with Gasteiger partial charge < -0.3 is 20.2 Å². The van der Waals surface area contributed by atoms with Gasteiger partial charge >= 0.3 is 0 Å². The normalized spacial score (nSPS) is 13.4. The monoisotopic (exact) mass is 255 g/mol. The van der Waals surface area contributed by atoms with Crippen molar-refractivity contribution in [1.82, 2.24) is 10.3 Å². The highest BCUT2D eigenvalue weighted by Gasteiger charge is 2.19. The number of carbonyl (C=O) groups is 1. The third-order valence-corrected chi connectivity index (χ3v) is 2.39. The Morgan fingerprint density at radius 3 is 2.78 bits per heavy atom. The third-order valence-electron chi connectivity index (χ3n) is 2.39. The first-order chi connectivity index (χ1) is 8.34. The number of nitrogens with one attached hydrogen (secondary N) is 1. The van der Waals surface area contributed by atoms with Crippen LogP contribution in [0.15, 0.2) is 10.6 Å². The molecule has 6 heteroatoms. The third kappa shape index (κ3) is 4.12. The van der Waals surface area contributed by atoms with Gasteiger partial charge in [0.15, 0.2) is 0 Å². The molecule has 1 aromatic heterocycles. The van der Waals surface area contributed by atoms with Crippen molar-refractivity contribution in [3.8, 4) is 0 Å². The molecule has 0 saturated carbocycles. The van der Waals surface area contributed by atoms with Crippen LogP contribution < -0.4 is 11.1 Å². The van der Waals surface area contributed by atoms with Crippen LogP contribution in [0.4, 0.5) is 0 Å². The van der Waals surface area contributed by atoms with E-state index in [0.29, 0.717) is 5.89 Å². The number of rotatable bonds is 5. The maximum absolute atomic E-state index is 11.5. The van der Waals surface area contributed by atoms with Gasteiger partial charge in [-0.05, 0) is 0 Å². The van der Waals surface area contributed by atoms with Gasteiger partial charge in [0.2, 0.25) is 11.8 Å². The van der Waals surface area contributed by atoms with E-state index in [-0.39, 0.29) is 24.5 Å². The second kappa shape index (κ2) is 5.97. The van der Waals surface area contributed by atoms with Crippen molar-refractivity contribution < 1.29 is 13.9 Å². The van der Waals surface area contributed by atoms with Crippen molar-refractivity contribution in [3.63, 3.8) is 0 Å². The molecule has 0 aromatic carbocycles. The summed E-state index contributed by atoms with van der Waals surface area (Å²) >= 11 is 0. The van der Waals surface area contributed by atoms with E-state index >= 15 is 0 Å². The predicted octanol–water partition coefficient (Wildman–Crippen LogP) is 0.562. The molecule has 0 aliphatic carbocycles. The van der Waals surface area contributed by atoms with E-state index in [1.54, 1.807) is 6.20 Å². The molecular weight excluding hydrogens is 234 g/mol. The zero-order valence-electron chi connectivity index (χ0n) is 11.3. The number of nitrogens with two attached hydrogens (primary N) is 1. The molecule has 1 atom stereocenters. The Morgan fingerprint density at radius 2 is 2.28 bits per heavy atom. The van der Waals surface area contributed by atoms with Crippen LogP contribution in [0.1, 0.15) is 32.4 Å². The van der Waals surface area contributed by atoms with Gasteiger partial charge in [0.25, 0.3) is 0 Å². The smallest absolute Gasteiger partial charge is 0.239 e. The molecule has 102 valence electrons. The molecule has 18 heavy (non-hydrogen) atoms. The summed E-state index contributed by atoms with van der Waals surface area (Å²) in [6, 6.07) is -0.674. The van der Waals surface area contributed by atoms with Crippen molar-refractivity contribution in [3.05, 3.63) is 17.8 Å². The van der Waals surface area contributed by atoms with Crippen LogP contribution in [0.2, 0.25) is 0 Å². The van der Waals surface area contributed by atoms with Crippen LogP contribution >= 0.6 is 0 Å². The van der Waals surface area contributed by atoms with Gasteiger partial charge in [-0.1, -0.05) is 20.8 Å². The molecule has 3 N–H and O–H groups in total. The molecular formula is C12H21N3O3. The SMILES string of the molecule is COCC(N)C(=O)NCc1ncc(C(C)(C)C)o1. The Kier molecular flexibility index (Phi) is 4.86. The van der Waals surface area contributed by atoms with Crippen LogP contribution in [0.25, 0.3) is 0 Å². The molecule has 0 aliphatic rings. The van der Waals surface area contributed by atoms with Crippen LogP contribution in [-0.2, 0) is 21.5 Å². The largest absolute Gasteiger partial charge is 0.443 e. The maximum Gasteiger partial charge on any atom is 0.239 e. The summed E-state index contributed by atoms with van der Waals surface area (Å²) in [5.41, 5.74) is 5.48. The summed E-state index contributed by atoms with van der Waals surface area (Å²) in [4.78, 5) is 15.6. The lowest BCUT2D eigenvalue weighted by Crippen LogP contribution is -2.43. The molecule has 1 unspecified atom stereocenters. The van der Waals surface area contributed by atoms with Gasteiger partial charge in [0, 0.05) is 12.5 Å². The molecule has 6 nitrogen and oxygen atoms in total. The summed E-state index contributed by atoms with van der Waals surface area (Å²) < 4.78 is 10.3. The maximum atomic E-state index is 11.5. The zero-order chi connectivity index (χ0) is 13.8. The van der Waals surface area contributed by atoms with E-state index in [1.807, 2.05) is 20.8 Å². The van der Waals surface area contributed by atoms with E-state index < -0.39 is 6.04 Å². The number of aromatic nitrogens is 1. The summed E-state index contributed by atoms with van der Waals surface area (Å²) in [5.74, 6) is 0.971. The molecule has 0 spiro atoms. The standard InChI is InChI=1S/C12H21N3O3/c1-12(2,3)9-5-14-10(18-9)6-15-11(16)8(13)7-17-4/h5,8H,6-7,13H2,1-4H3,(H,15,16). The molecule has 0 saturated heterocycles. The fourth-order valence-electron chi connectivity index (χ4n) is 1.29. The van der Waals surface area contributed by atoms with Crippen molar-refractivity contribution in [2.24, 2.45) is 5.73 Å². The van der Waals surface area contributed by atoms with Gasteiger partial charge in [-0.15, -0.1) is 0 Å². The first kappa shape index (κ1) is 14.7. The molecule has 1 amide bonds. The van der Waals surface area contributed by atoms with Crippen molar-refractivity contribution in [2.45, 2.75) is 38.8 Å². The second-order valence-corrected chi connectivity index (χ2v) is 5.15.